The molecule has 0 fully saturated rings. The molecule has 0 heterocycles. The molecule has 2 rings (SSSR count). The highest BCUT2D eigenvalue weighted by Crippen LogP contribution is 2.24. The van der Waals surface area contributed by atoms with Crippen molar-refractivity contribution in [3.8, 4) is 0 Å². The maximum Gasteiger partial charge on any atom is 0.252 e. The largest absolute Gasteiger partial charge is 0.383 e. The molecule has 2 aromatic rings. The number of benzene rings is 2. The number of nitrogens with two attached hydrogens (primary N) is 1. The Bertz CT molecular complexity index is 788. The normalized spacial score (nSPS) is 12.4. The lowest BCUT2D eigenvalue weighted by Crippen LogP contribution is -2.30. The molecule has 2 atom stereocenters. The van der Waals surface area contributed by atoms with Gasteiger partial charge in [-0.25, -0.2) is 0 Å². The standard InChI is InChI=1S/C20H24ClN3O3.ClH/c1-13(18(22)14-6-4-3-5-7-14)19(25)24-15-8-9-16(17(21)12-15)20(26)23-10-11-27-2;/h3-9,12-13,18H,10-11,22H2,1-2H3,(H,23,26)(H,24,25);1H. The lowest BCUT2D eigenvalue weighted by Gasteiger charge is -2.20. The Balaban J connectivity index is 0.00000392. The second-order valence-electron chi connectivity index (χ2n) is 6.16. The molecule has 0 bridgehead atoms. The van der Waals surface area contributed by atoms with Crippen molar-refractivity contribution in [3.05, 3.63) is 64.7 Å². The summed E-state index contributed by atoms with van der Waals surface area (Å²) in [7, 11) is 1.56. The van der Waals surface area contributed by atoms with Crippen LogP contribution in [0.1, 0.15) is 28.9 Å². The van der Waals surface area contributed by atoms with Crippen molar-refractivity contribution in [1.29, 1.82) is 0 Å². The van der Waals surface area contributed by atoms with E-state index in [2.05, 4.69) is 10.6 Å². The minimum absolute atomic E-state index is 0. The number of rotatable bonds is 8. The van der Waals surface area contributed by atoms with Crippen LogP contribution < -0.4 is 16.4 Å². The minimum Gasteiger partial charge on any atom is -0.383 e. The van der Waals surface area contributed by atoms with Crippen LogP contribution in [-0.4, -0.2) is 32.1 Å². The second-order valence-corrected chi connectivity index (χ2v) is 6.56. The Morgan fingerprint density at radius 3 is 2.46 bits per heavy atom. The lowest BCUT2D eigenvalue weighted by molar-refractivity contribution is -0.120. The minimum atomic E-state index is -0.441. The summed E-state index contributed by atoms with van der Waals surface area (Å²) < 4.78 is 4.89. The van der Waals surface area contributed by atoms with Crippen LogP contribution in [0.4, 0.5) is 5.69 Å². The molecule has 0 aliphatic carbocycles. The van der Waals surface area contributed by atoms with Gasteiger partial charge in [-0.2, -0.15) is 0 Å². The Morgan fingerprint density at radius 1 is 1.18 bits per heavy atom. The number of carbonyl (C=O) groups is 2. The van der Waals surface area contributed by atoms with E-state index >= 15 is 0 Å². The molecule has 0 spiro atoms. The highest BCUT2D eigenvalue weighted by Gasteiger charge is 2.22. The number of nitrogens with one attached hydrogen (secondary N) is 2. The van der Waals surface area contributed by atoms with Crippen LogP contribution in [0, 0.1) is 5.92 Å². The summed E-state index contributed by atoms with van der Waals surface area (Å²) in [5.74, 6) is -0.961. The molecule has 0 radical (unpaired) electrons. The Morgan fingerprint density at radius 2 is 1.86 bits per heavy atom. The lowest BCUT2D eigenvalue weighted by atomic mass is 9.94. The summed E-state index contributed by atoms with van der Waals surface area (Å²) in [5, 5.41) is 5.75. The van der Waals surface area contributed by atoms with Gasteiger partial charge in [0, 0.05) is 25.4 Å². The van der Waals surface area contributed by atoms with Gasteiger partial charge in [0.15, 0.2) is 0 Å². The van der Waals surface area contributed by atoms with E-state index in [1.54, 1.807) is 32.2 Å². The van der Waals surface area contributed by atoms with Crippen LogP contribution >= 0.6 is 24.0 Å². The summed E-state index contributed by atoms with van der Waals surface area (Å²) in [6, 6.07) is 13.8. The topological polar surface area (TPSA) is 93.5 Å². The monoisotopic (exact) mass is 425 g/mol. The quantitative estimate of drug-likeness (QED) is 0.564. The van der Waals surface area contributed by atoms with Crippen molar-refractivity contribution in [2.75, 3.05) is 25.6 Å². The molecule has 8 heteroatoms. The van der Waals surface area contributed by atoms with Crippen molar-refractivity contribution in [1.82, 2.24) is 5.32 Å². The van der Waals surface area contributed by atoms with Gasteiger partial charge in [-0.05, 0) is 23.8 Å². The highest BCUT2D eigenvalue weighted by molar-refractivity contribution is 6.34. The van der Waals surface area contributed by atoms with E-state index in [1.165, 1.54) is 0 Å². The van der Waals surface area contributed by atoms with E-state index in [1.807, 2.05) is 30.3 Å². The molecule has 2 unspecified atom stereocenters. The zero-order valence-electron chi connectivity index (χ0n) is 15.8. The first-order chi connectivity index (χ1) is 12.9. The molecule has 0 aliphatic heterocycles. The van der Waals surface area contributed by atoms with E-state index in [9.17, 15) is 9.59 Å². The Labute approximate surface area is 176 Å². The average Bonchev–Trinajstić information content (AvgIpc) is 2.67. The predicted molar refractivity (Wildman–Crippen MR) is 114 cm³/mol. The van der Waals surface area contributed by atoms with Gasteiger partial charge in [0.25, 0.3) is 5.91 Å². The first-order valence-corrected chi connectivity index (χ1v) is 9.00. The number of amides is 2. The molecule has 6 nitrogen and oxygen atoms in total. The summed E-state index contributed by atoms with van der Waals surface area (Å²) in [6.07, 6.45) is 0. The van der Waals surface area contributed by atoms with Crippen molar-refractivity contribution >= 4 is 41.5 Å². The van der Waals surface area contributed by atoms with Crippen LogP contribution in [-0.2, 0) is 9.53 Å². The third-order valence-corrected chi connectivity index (χ3v) is 4.52. The van der Waals surface area contributed by atoms with E-state index in [-0.39, 0.29) is 29.2 Å². The molecular weight excluding hydrogens is 401 g/mol. The molecule has 0 saturated heterocycles. The maximum atomic E-state index is 12.5. The summed E-state index contributed by atoms with van der Waals surface area (Å²) in [4.78, 5) is 24.6. The molecule has 4 N–H and O–H groups in total. The predicted octanol–water partition coefficient (Wildman–Crippen LogP) is 3.41. The molecule has 2 aromatic carbocycles. The van der Waals surface area contributed by atoms with Crippen molar-refractivity contribution < 1.29 is 14.3 Å². The van der Waals surface area contributed by atoms with E-state index in [0.29, 0.717) is 24.4 Å². The van der Waals surface area contributed by atoms with Crippen molar-refractivity contribution in [3.63, 3.8) is 0 Å². The first kappa shape index (κ1) is 23.9. The summed E-state index contributed by atoms with van der Waals surface area (Å²) in [5.41, 5.74) is 7.92. The number of hydrogen-bond acceptors (Lipinski definition) is 4. The van der Waals surface area contributed by atoms with Gasteiger partial charge >= 0.3 is 0 Å². The fraction of sp³-hybridized carbons (Fsp3) is 0.300. The third-order valence-electron chi connectivity index (χ3n) is 4.21. The van der Waals surface area contributed by atoms with Gasteiger partial charge in [-0.15, -0.1) is 12.4 Å². The van der Waals surface area contributed by atoms with Gasteiger partial charge in [0.2, 0.25) is 5.91 Å². The smallest absolute Gasteiger partial charge is 0.252 e. The molecule has 2 amide bonds. The molecule has 0 aromatic heterocycles. The van der Waals surface area contributed by atoms with Gasteiger partial charge < -0.3 is 21.1 Å². The van der Waals surface area contributed by atoms with Crippen molar-refractivity contribution in [2.24, 2.45) is 11.7 Å². The van der Waals surface area contributed by atoms with Crippen LogP contribution in [0.3, 0.4) is 0 Å². The van der Waals surface area contributed by atoms with Crippen LogP contribution in [0.15, 0.2) is 48.5 Å². The fourth-order valence-electron chi connectivity index (χ4n) is 2.52. The SMILES string of the molecule is COCCNC(=O)c1ccc(NC(=O)C(C)C(N)c2ccccc2)cc1Cl.Cl. The first-order valence-electron chi connectivity index (χ1n) is 8.62. The van der Waals surface area contributed by atoms with E-state index in [0.717, 1.165) is 5.56 Å². The number of halogens is 2. The number of carbonyl (C=O) groups excluding carboxylic acids is 2. The molecule has 28 heavy (non-hydrogen) atoms. The highest BCUT2D eigenvalue weighted by atomic mass is 35.5. The van der Waals surface area contributed by atoms with Gasteiger partial charge in [0.05, 0.1) is 23.1 Å². The average molecular weight is 426 g/mol. The Hall–Kier alpha value is -2.12. The zero-order chi connectivity index (χ0) is 19.8. The van der Waals surface area contributed by atoms with Gasteiger partial charge in [-0.3, -0.25) is 9.59 Å². The van der Waals surface area contributed by atoms with Crippen LogP contribution in [0.5, 0.6) is 0 Å². The van der Waals surface area contributed by atoms with Gasteiger partial charge in [-0.1, -0.05) is 48.9 Å². The fourth-order valence-corrected chi connectivity index (χ4v) is 2.79. The van der Waals surface area contributed by atoms with E-state index < -0.39 is 12.0 Å². The summed E-state index contributed by atoms with van der Waals surface area (Å²) >= 11 is 6.19. The summed E-state index contributed by atoms with van der Waals surface area (Å²) in [6.45, 7) is 2.57. The van der Waals surface area contributed by atoms with Crippen molar-refractivity contribution in [2.45, 2.75) is 13.0 Å². The number of anilines is 1. The van der Waals surface area contributed by atoms with Crippen LogP contribution in [0.25, 0.3) is 0 Å². The van der Waals surface area contributed by atoms with Crippen LogP contribution in [0.2, 0.25) is 5.02 Å². The second kappa shape index (κ2) is 11.7. The third kappa shape index (κ3) is 6.49. The molecule has 0 saturated carbocycles. The maximum absolute atomic E-state index is 12.5. The Kier molecular flexibility index (Phi) is 9.96. The van der Waals surface area contributed by atoms with Gasteiger partial charge in [0.1, 0.15) is 0 Å². The molecule has 152 valence electrons. The number of methoxy groups -OCH3 is 1. The zero-order valence-corrected chi connectivity index (χ0v) is 17.3. The van der Waals surface area contributed by atoms with E-state index in [4.69, 9.17) is 22.1 Å². The molecule has 0 aliphatic rings. The number of hydrogen-bond donors (Lipinski definition) is 3. The molecular formula is C20H25Cl2N3O3. The number of ether oxygens (including phenoxy) is 1.